The van der Waals surface area contributed by atoms with Crippen LogP contribution >= 0.6 is 0 Å². The van der Waals surface area contributed by atoms with Crippen molar-refractivity contribution >= 4 is 5.91 Å². The summed E-state index contributed by atoms with van der Waals surface area (Å²) in [4.78, 5) is 11.7. The van der Waals surface area contributed by atoms with Gasteiger partial charge < -0.3 is 15.2 Å². The van der Waals surface area contributed by atoms with Gasteiger partial charge >= 0.3 is 0 Å². The second kappa shape index (κ2) is 7.57. The van der Waals surface area contributed by atoms with E-state index in [0.29, 0.717) is 6.61 Å². The number of amides is 1. The SMILES string of the molecule is CCO[C@@H](C)C(=O)NC[C@H](O)c1ccc(C(C)(C)C)cc1. The molecular weight excluding hydrogens is 266 g/mol. The predicted molar refractivity (Wildman–Crippen MR) is 84.2 cm³/mol. The summed E-state index contributed by atoms with van der Waals surface area (Å²) in [6, 6.07) is 7.85. The molecule has 4 heteroatoms. The van der Waals surface area contributed by atoms with Crippen LogP contribution in [0.3, 0.4) is 0 Å². The maximum absolute atomic E-state index is 11.7. The Balaban J connectivity index is 2.56. The van der Waals surface area contributed by atoms with E-state index >= 15 is 0 Å². The second-order valence-electron chi connectivity index (χ2n) is 6.23. The Kier molecular flexibility index (Phi) is 6.37. The van der Waals surface area contributed by atoms with Gasteiger partial charge in [0.1, 0.15) is 6.10 Å². The van der Waals surface area contributed by atoms with Gasteiger partial charge in [0.25, 0.3) is 0 Å². The first kappa shape index (κ1) is 17.7. The van der Waals surface area contributed by atoms with Gasteiger partial charge in [0.2, 0.25) is 5.91 Å². The highest BCUT2D eigenvalue weighted by molar-refractivity contribution is 5.80. The highest BCUT2D eigenvalue weighted by atomic mass is 16.5. The van der Waals surface area contributed by atoms with Gasteiger partial charge in [0, 0.05) is 13.2 Å². The summed E-state index contributed by atoms with van der Waals surface area (Å²) < 4.78 is 5.20. The third-order valence-electron chi connectivity index (χ3n) is 3.42. The van der Waals surface area contributed by atoms with Crippen LogP contribution in [-0.2, 0) is 14.9 Å². The highest BCUT2D eigenvalue weighted by Gasteiger charge is 2.16. The standard InChI is InChI=1S/C17H27NO3/c1-6-21-12(2)16(20)18-11-15(19)13-7-9-14(10-8-13)17(3,4)5/h7-10,12,15,19H,6,11H2,1-5H3,(H,18,20)/t12-,15-/m0/s1. The minimum Gasteiger partial charge on any atom is -0.387 e. The van der Waals surface area contributed by atoms with Crippen LogP contribution in [-0.4, -0.2) is 30.3 Å². The Labute approximate surface area is 127 Å². The van der Waals surface area contributed by atoms with Gasteiger partial charge in [0.05, 0.1) is 6.10 Å². The van der Waals surface area contributed by atoms with Crippen LogP contribution in [0.15, 0.2) is 24.3 Å². The lowest BCUT2D eigenvalue weighted by Gasteiger charge is -2.20. The van der Waals surface area contributed by atoms with Gasteiger partial charge in [-0.2, -0.15) is 0 Å². The summed E-state index contributed by atoms with van der Waals surface area (Å²) in [6.45, 7) is 10.7. The molecule has 0 unspecified atom stereocenters. The van der Waals surface area contributed by atoms with Crippen LogP contribution in [0.25, 0.3) is 0 Å². The molecule has 0 aliphatic heterocycles. The van der Waals surface area contributed by atoms with Crippen molar-refractivity contribution in [3.8, 4) is 0 Å². The number of ether oxygens (including phenoxy) is 1. The normalized spacial score (nSPS) is 14.6. The van der Waals surface area contributed by atoms with Crippen molar-refractivity contribution in [1.82, 2.24) is 5.32 Å². The van der Waals surface area contributed by atoms with Gasteiger partial charge in [-0.3, -0.25) is 4.79 Å². The summed E-state index contributed by atoms with van der Waals surface area (Å²) in [5.41, 5.74) is 2.10. The minimum atomic E-state index is -0.711. The zero-order valence-corrected chi connectivity index (χ0v) is 13.6. The number of aliphatic hydroxyl groups is 1. The number of hydrogen-bond acceptors (Lipinski definition) is 3. The average molecular weight is 293 g/mol. The third-order valence-corrected chi connectivity index (χ3v) is 3.42. The van der Waals surface area contributed by atoms with Gasteiger partial charge in [0.15, 0.2) is 0 Å². The fourth-order valence-electron chi connectivity index (χ4n) is 1.99. The predicted octanol–water partition coefficient (Wildman–Crippen LogP) is 2.56. The number of carbonyl (C=O) groups is 1. The summed E-state index contributed by atoms with van der Waals surface area (Å²) in [6.07, 6.45) is -1.21. The Bertz CT molecular complexity index is 448. The van der Waals surface area contributed by atoms with E-state index in [-0.39, 0.29) is 17.9 Å². The number of nitrogens with one attached hydrogen (secondary N) is 1. The molecule has 21 heavy (non-hydrogen) atoms. The van der Waals surface area contributed by atoms with Crippen molar-refractivity contribution < 1.29 is 14.6 Å². The molecule has 2 N–H and O–H groups in total. The summed E-state index contributed by atoms with van der Waals surface area (Å²) in [5.74, 6) is -0.206. The monoisotopic (exact) mass is 293 g/mol. The number of carbonyl (C=O) groups excluding carboxylic acids is 1. The first-order valence-electron chi connectivity index (χ1n) is 7.43. The van der Waals surface area contributed by atoms with Crippen molar-refractivity contribution in [3.63, 3.8) is 0 Å². The Morgan fingerprint density at radius 2 is 1.86 bits per heavy atom. The average Bonchev–Trinajstić information content (AvgIpc) is 2.43. The van der Waals surface area contributed by atoms with Gasteiger partial charge in [-0.15, -0.1) is 0 Å². The largest absolute Gasteiger partial charge is 0.387 e. The Hall–Kier alpha value is -1.39. The lowest BCUT2D eigenvalue weighted by Crippen LogP contribution is -2.37. The van der Waals surface area contributed by atoms with Crippen LogP contribution in [0.4, 0.5) is 0 Å². The van der Waals surface area contributed by atoms with Crippen molar-refractivity contribution in [2.45, 2.75) is 52.2 Å². The van der Waals surface area contributed by atoms with Gasteiger partial charge in [-0.05, 0) is 30.4 Å². The molecule has 0 saturated heterocycles. The van der Waals surface area contributed by atoms with Crippen LogP contribution in [0.1, 0.15) is 51.8 Å². The molecule has 0 aliphatic carbocycles. The van der Waals surface area contributed by atoms with Crippen molar-refractivity contribution in [3.05, 3.63) is 35.4 Å². The van der Waals surface area contributed by atoms with Crippen molar-refractivity contribution in [2.24, 2.45) is 0 Å². The van der Waals surface area contributed by atoms with E-state index in [2.05, 4.69) is 26.1 Å². The quantitative estimate of drug-likeness (QED) is 0.847. The smallest absolute Gasteiger partial charge is 0.248 e. The molecule has 0 spiro atoms. The summed E-state index contributed by atoms with van der Waals surface area (Å²) in [7, 11) is 0. The first-order valence-corrected chi connectivity index (χ1v) is 7.43. The van der Waals surface area contributed by atoms with E-state index in [1.807, 2.05) is 31.2 Å². The molecule has 0 fully saturated rings. The molecule has 4 nitrogen and oxygen atoms in total. The van der Waals surface area contributed by atoms with E-state index in [0.717, 1.165) is 5.56 Å². The Morgan fingerprint density at radius 1 is 1.29 bits per heavy atom. The minimum absolute atomic E-state index is 0.0879. The van der Waals surface area contributed by atoms with Crippen molar-refractivity contribution in [1.29, 1.82) is 0 Å². The fourth-order valence-corrected chi connectivity index (χ4v) is 1.99. The van der Waals surface area contributed by atoms with Gasteiger partial charge in [-0.25, -0.2) is 0 Å². The molecule has 118 valence electrons. The maximum Gasteiger partial charge on any atom is 0.248 e. The maximum atomic E-state index is 11.7. The van der Waals surface area contributed by atoms with E-state index in [1.54, 1.807) is 6.92 Å². The first-order chi connectivity index (χ1) is 9.75. The van der Waals surface area contributed by atoms with Crippen LogP contribution in [0.2, 0.25) is 0 Å². The van der Waals surface area contributed by atoms with Crippen LogP contribution in [0.5, 0.6) is 0 Å². The zero-order valence-electron chi connectivity index (χ0n) is 13.6. The molecule has 1 aromatic carbocycles. The number of benzene rings is 1. The molecule has 1 aromatic rings. The molecule has 0 bridgehead atoms. The molecule has 0 aromatic heterocycles. The van der Waals surface area contributed by atoms with E-state index in [4.69, 9.17) is 4.74 Å². The van der Waals surface area contributed by atoms with E-state index in [1.165, 1.54) is 5.56 Å². The molecule has 1 rings (SSSR count). The van der Waals surface area contributed by atoms with Crippen molar-refractivity contribution in [2.75, 3.05) is 13.2 Å². The summed E-state index contributed by atoms with van der Waals surface area (Å²) in [5, 5.41) is 12.8. The molecule has 0 heterocycles. The second-order valence-corrected chi connectivity index (χ2v) is 6.23. The molecule has 0 radical (unpaired) electrons. The number of rotatable bonds is 6. The number of hydrogen-bond donors (Lipinski definition) is 2. The lowest BCUT2D eigenvalue weighted by molar-refractivity contribution is -0.131. The van der Waals surface area contributed by atoms with Crippen LogP contribution < -0.4 is 5.32 Å². The van der Waals surface area contributed by atoms with Gasteiger partial charge in [-0.1, -0.05) is 45.0 Å². The fraction of sp³-hybridized carbons (Fsp3) is 0.588. The molecule has 1 amide bonds. The molecule has 0 aliphatic rings. The molecule has 2 atom stereocenters. The summed E-state index contributed by atoms with van der Waals surface area (Å²) >= 11 is 0. The molecular formula is C17H27NO3. The lowest BCUT2D eigenvalue weighted by atomic mass is 9.86. The van der Waals surface area contributed by atoms with Crippen LogP contribution in [0, 0.1) is 0 Å². The highest BCUT2D eigenvalue weighted by Crippen LogP contribution is 2.23. The Morgan fingerprint density at radius 3 is 2.33 bits per heavy atom. The number of aliphatic hydroxyl groups excluding tert-OH is 1. The van der Waals surface area contributed by atoms with E-state index in [9.17, 15) is 9.90 Å². The third kappa shape index (κ3) is 5.48. The topological polar surface area (TPSA) is 58.6 Å². The molecule has 0 saturated carbocycles. The zero-order chi connectivity index (χ0) is 16.0. The van der Waals surface area contributed by atoms with E-state index < -0.39 is 12.2 Å².